The highest BCUT2D eigenvalue weighted by molar-refractivity contribution is 7.07. The topological polar surface area (TPSA) is 49.3 Å². The van der Waals surface area contributed by atoms with Crippen LogP contribution >= 0.6 is 22.9 Å². The number of anilines is 1. The zero-order chi connectivity index (χ0) is 12.3. The van der Waals surface area contributed by atoms with Crippen molar-refractivity contribution in [3.8, 4) is 0 Å². The molecule has 0 aliphatic heterocycles. The Morgan fingerprint density at radius 1 is 1.41 bits per heavy atom. The Kier molecular flexibility index (Phi) is 3.66. The van der Waals surface area contributed by atoms with E-state index in [-0.39, 0.29) is 5.56 Å². The summed E-state index contributed by atoms with van der Waals surface area (Å²) in [6.45, 7) is 0.631. The van der Waals surface area contributed by atoms with Crippen molar-refractivity contribution in [1.29, 1.82) is 0 Å². The van der Waals surface area contributed by atoms with E-state index in [1.54, 1.807) is 17.4 Å². The van der Waals surface area contributed by atoms with E-state index in [0.29, 0.717) is 17.3 Å². The second-order valence-electron chi connectivity index (χ2n) is 3.48. The summed E-state index contributed by atoms with van der Waals surface area (Å²) in [5.41, 5.74) is 2.01. The Hall–Kier alpha value is -1.52. The second kappa shape index (κ2) is 5.21. The number of hydrogen-bond acceptors (Lipinski definition) is 3. The third-order valence-corrected chi connectivity index (χ3v) is 3.34. The Bertz CT molecular complexity index is 525. The summed E-state index contributed by atoms with van der Waals surface area (Å²) >= 11 is 7.61. The van der Waals surface area contributed by atoms with Gasteiger partial charge in [0.05, 0.1) is 16.3 Å². The van der Waals surface area contributed by atoms with Gasteiger partial charge in [0.25, 0.3) is 0 Å². The fourth-order valence-electron chi connectivity index (χ4n) is 1.38. The lowest BCUT2D eigenvalue weighted by Crippen LogP contribution is -2.02. The first-order chi connectivity index (χ1) is 8.16. The summed E-state index contributed by atoms with van der Waals surface area (Å²) in [5, 5.41) is 16.5. The zero-order valence-corrected chi connectivity index (χ0v) is 10.4. The van der Waals surface area contributed by atoms with Gasteiger partial charge in [-0.15, -0.1) is 0 Å². The molecule has 2 N–H and O–H groups in total. The second-order valence-corrected chi connectivity index (χ2v) is 4.67. The SMILES string of the molecule is O=C(O)c1ccc(Cl)c(NCc2ccsc2)c1. The van der Waals surface area contributed by atoms with Gasteiger partial charge in [-0.05, 0) is 40.6 Å². The minimum Gasteiger partial charge on any atom is -0.478 e. The van der Waals surface area contributed by atoms with Crippen molar-refractivity contribution in [3.63, 3.8) is 0 Å². The van der Waals surface area contributed by atoms with E-state index in [9.17, 15) is 4.79 Å². The smallest absolute Gasteiger partial charge is 0.335 e. The Labute approximate surface area is 108 Å². The molecule has 0 radical (unpaired) electrons. The number of halogens is 1. The third kappa shape index (κ3) is 2.99. The maximum Gasteiger partial charge on any atom is 0.335 e. The predicted octanol–water partition coefficient (Wildman–Crippen LogP) is 3.71. The van der Waals surface area contributed by atoms with E-state index in [4.69, 9.17) is 16.7 Å². The monoisotopic (exact) mass is 267 g/mol. The molecule has 1 aromatic heterocycles. The molecule has 0 unspecified atom stereocenters. The summed E-state index contributed by atoms with van der Waals surface area (Å²) in [7, 11) is 0. The molecule has 0 bridgehead atoms. The molecule has 2 rings (SSSR count). The zero-order valence-electron chi connectivity index (χ0n) is 8.81. The minimum atomic E-state index is -0.958. The van der Waals surface area contributed by atoms with Gasteiger partial charge in [0.15, 0.2) is 0 Å². The minimum absolute atomic E-state index is 0.224. The summed E-state index contributed by atoms with van der Waals surface area (Å²) in [4.78, 5) is 10.8. The van der Waals surface area contributed by atoms with Crippen molar-refractivity contribution in [2.24, 2.45) is 0 Å². The number of nitrogens with one attached hydrogen (secondary N) is 1. The van der Waals surface area contributed by atoms with Gasteiger partial charge in [-0.2, -0.15) is 11.3 Å². The molecule has 0 aliphatic carbocycles. The predicted molar refractivity (Wildman–Crippen MR) is 70.1 cm³/mol. The Balaban J connectivity index is 2.14. The van der Waals surface area contributed by atoms with Gasteiger partial charge in [0.1, 0.15) is 0 Å². The van der Waals surface area contributed by atoms with Crippen LogP contribution in [0.5, 0.6) is 0 Å². The van der Waals surface area contributed by atoms with E-state index < -0.39 is 5.97 Å². The largest absolute Gasteiger partial charge is 0.478 e. The van der Waals surface area contributed by atoms with Crippen LogP contribution < -0.4 is 5.32 Å². The Morgan fingerprint density at radius 3 is 2.88 bits per heavy atom. The van der Waals surface area contributed by atoms with E-state index in [2.05, 4.69) is 5.32 Å². The molecule has 0 atom stereocenters. The number of thiophene rings is 1. The molecule has 1 aromatic carbocycles. The molecule has 0 aliphatic rings. The first-order valence-corrected chi connectivity index (χ1v) is 6.26. The number of carbonyl (C=O) groups is 1. The normalized spacial score (nSPS) is 10.2. The molecule has 17 heavy (non-hydrogen) atoms. The molecule has 0 fully saturated rings. The lowest BCUT2D eigenvalue weighted by Gasteiger charge is -2.08. The molecule has 0 spiro atoms. The molecule has 0 amide bonds. The first-order valence-electron chi connectivity index (χ1n) is 4.94. The fourth-order valence-corrected chi connectivity index (χ4v) is 2.24. The van der Waals surface area contributed by atoms with Crippen molar-refractivity contribution in [2.75, 3.05) is 5.32 Å². The Morgan fingerprint density at radius 2 is 2.24 bits per heavy atom. The molecule has 1 heterocycles. The van der Waals surface area contributed by atoms with Crippen LogP contribution in [0.15, 0.2) is 35.0 Å². The van der Waals surface area contributed by atoms with Gasteiger partial charge < -0.3 is 10.4 Å². The third-order valence-electron chi connectivity index (χ3n) is 2.28. The number of carboxylic acid groups (broad SMARTS) is 1. The van der Waals surface area contributed by atoms with Gasteiger partial charge in [-0.3, -0.25) is 0 Å². The van der Waals surface area contributed by atoms with Crippen molar-refractivity contribution in [1.82, 2.24) is 0 Å². The highest BCUT2D eigenvalue weighted by Crippen LogP contribution is 2.24. The van der Waals surface area contributed by atoms with Crippen LogP contribution in [0.25, 0.3) is 0 Å². The van der Waals surface area contributed by atoms with Crippen LogP contribution in [0.2, 0.25) is 5.02 Å². The highest BCUT2D eigenvalue weighted by Gasteiger charge is 2.07. The summed E-state index contributed by atoms with van der Waals surface area (Å²) in [5.74, 6) is -0.958. The van der Waals surface area contributed by atoms with Crippen LogP contribution in [-0.4, -0.2) is 11.1 Å². The summed E-state index contributed by atoms with van der Waals surface area (Å²) in [6.07, 6.45) is 0. The standard InChI is InChI=1S/C12H10ClNO2S/c13-10-2-1-9(12(15)16)5-11(10)14-6-8-3-4-17-7-8/h1-5,7,14H,6H2,(H,15,16). The number of aromatic carboxylic acids is 1. The van der Waals surface area contributed by atoms with Crippen LogP contribution in [0.1, 0.15) is 15.9 Å². The van der Waals surface area contributed by atoms with E-state index in [1.807, 2.05) is 16.8 Å². The lowest BCUT2D eigenvalue weighted by molar-refractivity contribution is 0.0697. The van der Waals surface area contributed by atoms with E-state index >= 15 is 0 Å². The summed E-state index contributed by atoms with van der Waals surface area (Å²) in [6, 6.07) is 6.62. The average Bonchev–Trinajstić information content (AvgIpc) is 2.80. The van der Waals surface area contributed by atoms with Gasteiger partial charge in [0.2, 0.25) is 0 Å². The van der Waals surface area contributed by atoms with Crippen LogP contribution in [0, 0.1) is 0 Å². The average molecular weight is 268 g/mol. The molecule has 5 heteroatoms. The number of carboxylic acids is 1. The van der Waals surface area contributed by atoms with Gasteiger partial charge in [0, 0.05) is 6.54 Å². The fraction of sp³-hybridized carbons (Fsp3) is 0.0833. The van der Waals surface area contributed by atoms with E-state index in [0.717, 1.165) is 5.56 Å². The van der Waals surface area contributed by atoms with E-state index in [1.165, 1.54) is 12.1 Å². The van der Waals surface area contributed by atoms with Crippen molar-refractivity contribution < 1.29 is 9.90 Å². The maximum atomic E-state index is 10.8. The number of benzene rings is 1. The molecule has 88 valence electrons. The number of rotatable bonds is 4. The van der Waals surface area contributed by atoms with Crippen LogP contribution in [0.3, 0.4) is 0 Å². The van der Waals surface area contributed by atoms with Gasteiger partial charge in [-0.25, -0.2) is 4.79 Å². The van der Waals surface area contributed by atoms with Crippen molar-refractivity contribution in [2.45, 2.75) is 6.54 Å². The maximum absolute atomic E-state index is 10.8. The summed E-state index contributed by atoms with van der Waals surface area (Å²) < 4.78 is 0. The molecular weight excluding hydrogens is 258 g/mol. The quantitative estimate of drug-likeness (QED) is 0.888. The molecule has 0 saturated heterocycles. The van der Waals surface area contributed by atoms with Gasteiger partial charge in [-0.1, -0.05) is 11.6 Å². The molecule has 3 nitrogen and oxygen atoms in total. The van der Waals surface area contributed by atoms with Crippen LogP contribution in [0.4, 0.5) is 5.69 Å². The lowest BCUT2D eigenvalue weighted by atomic mass is 10.2. The first kappa shape index (κ1) is 12.0. The van der Waals surface area contributed by atoms with Gasteiger partial charge >= 0.3 is 5.97 Å². The molecule has 0 saturated carbocycles. The number of hydrogen-bond donors (Lipinski definition) is 2. The van der Waals surface area contributed by atoms with Crippen molar-refractivity contribution >= 4 is 34.6 Å². The molecule has 2 aromatic rings. The van der Waals surface area contributed by atoms with Crippen molar-refractivity contribution in [3.05, 3.63) is 51.2 Å². The van der Waals surface area contributed by atoms with Crippen LogP contribution in [-0.2, 0) is 6.54 Å². The highest BCUT2D eigenvalue weighted by atomic mass is 35.5. The molecular formula is C12H10ClNO2S.